The molecule has 3 nitrogen and oxygen atoms in total. The number of sulfonamides is 1. The highest BCUT2D eigenvalue weighted by Gasteiger charge is 2.41. The van der Waals surface area contributed by atoms with E-state index in [2.05, 4.69) is 15.9 Å². The quantitative estimate of drug-likeness (QED) is 0.821. The van der Waals surface area contributed by atoms with Crippen molar-refractivity contribution >= 4 is 37.3 Å². The van der Waals surface area contributed by atoms with Crippen molar-refractivity contribution in [2.45, 2.75) is 30.4 Å². The predicted molar refractivity (Wildman–Crippen MR) is 76.3 cm³/mol. The smallest absolute Gasteiger partial charge is 0.206 e. The molecular weight excluding hydrogens is 334 g/mol. The van der Waals surface area contributed by atoms with Gasteiger partial charge in [-0.25, -0.2) is 8.42 Å². The first-order valence-corrected chi connectivity index (χ1v) is 9.29. The molecule has 2 unspecified atom stereocenters. The molecule has 100 valence electrons. The van der Waals surface area contributed by atoms with Crippen molar-refractivity contribution in [3.05, 3.63) is 15.4 Å². The fourth-order valence-corrected chi connectivity index (χ4v) is 7.01. The number of thiophene rings is 1. The van der Waals surface area contributed by atoms with Crippen LogP contribution in [-0.2, 0) is 10.0 Å². The molecule has 0 N–H and O–H groups in total. The third-order valence-corrected chi connectivity index (χ3v) is 8.54. The third kappa shape index (κ3) is 2.07. The molecule has 2 aliphatic rings. The van der Waals surface area contributed by atoms with Crippen LogP contribution in [0.5, 0.6) is 0 Å². The van der Waals surface area contributed by atoms with Gasteiger partial charge in [-0.15, -0.1) is 11.3 Å². The fourth-order valence-electron chi connectivity index (χ4n) is 3.07. The van der Waals surface area contributed by atoms with Crippen molar-refractivity contribution in [3.63, 3.8) is 0 Å². The summed E-state index contributed by atoms with van der Waals surface area (Å²) in [6.45, 7) is 3.38. The molecule has 0 aromatic carbocycles. The van der Waals surface area contributed by atoms with Crippen LogP contribution in [0.1, 0.15) is 24.8 Å². The number of rotatable bonds is 2. The van der Waals surface area contributed by atoms with Crippen molar-refractivity contribution in [1.82, 2.24) is 4.31 Å². The SMILES string of the molecule is Cc1cc(S(=O)(=O)N2CC3CCCC3C2)sc1Br. The molecular formula is C12H16BrNO2S2. The summed E-state index contributed by atoms with van der Waals surface area (Å²) in [6.07, 6.45) is 3.67. The van der Waals surface area contributed by atoms with Crippen LogP contribution in [0.15, 0.2) is 14.1 Å². The van der Waals surface area contributed by atoms with Crippen molar-refractivity contribution in [1.29, 1.82) is 0 Å². The number of hydrogen-bond donors (Lipinski definition) is 0. The first-order chi connectivity index (χ1) is 8.48. The molecule has 18 heavy (non-hydrogen) atoms. The molecule has 2 heterocycles. The molecule has 0 amide bonds. The zero-order valence-corrected chi connectivity index (χ0v) is 13.4. The number of halogens is 1. The first-order valence-electron chi connectivity index (χ1n) is 6.24. The highest BCUT2D eigenvalue weighted by Crippen LogP contribution is 2.41. The van der Waals surface area contributed by atoms with Gasteiger partial charge < -0.3 is 0 Å². The summed E-state index contributed by atoms with van der Waals surface area (Å²) in [5.74, 6) is 1.20. The number of fused-ring (bicyclic) bond motifs is 1. The van der Waals surface area contributed by atoms with Gasteiger partial charge in [0.2, 0.25) is 0 Å². The van der Waals surface area contributed by atoms with E-state index in [1.54, 1.807) is 10.4 Å². The topological polar surface area (TPSA) is 37.4 Å². The molecule has 6 heteroatoms. The van der Waals surface area contributed by atoms with Gasteiger partial charge in [0, 0.05) is 13.1 Å². The summed E-state index contributed by atoms with van der Waals surface area (Å²) in [4.78, 5) is 0. The highest BCUT2D eigenvalue weighted by molar-refractivity contribution is 9.11. The first kappa shape index (κ1) is 13.1. The lowest BCUT2D eigenvalue weighted by Gasteiger charge is -2.15. The van der Waals surface area contributed by atoms with E-state index in [0.717, 1.165) is 22.4 Å². The van der Waals surface area contributed by atoms with E-state index >= 15 is 0 Å². The maximum absolute atomic E-state index is 12.5. The molecule has 1 aromatic heterocycles. The van der Waals surface area contributed by atoms with Gasteiger partial charge in [-0.3, -0.25) is 0 Å². The minimum absolute atomic E-state index is 0.479. The Morgan fingerprint density at radius 2 is 1.94 bits per heavy atom. The zero-order chi connectivity index (χ0) is 12.9. The Kier molecular flexibility index (Phi) is 3.33. The van der Waals surface area contributed by atoms with E-state index in [1.807, 2.05) is 6.92 Å². The lowest BCUT2D eigenvalue weighted by Crippen LogP contribution is -2.29. The molecule has 1 saturated heterocycles. The van der Waals surface area contributed by atoms with Gasteiger partial charge in [0.1, 0.15) is 4.21 Å². The van der Waals surface area contributed by atoms with Gasteiger partial charge in [-0.05, 0) is 59.2 Å². The van der Waals surface area contributed by atoms with E-state index in [4.69, 9.17) is 0 Å². The Labute approximate surface area is 120 Å². The van der Waals surface area contributed by atoms with Crippen LogP contribution in [-0.4, -0.2) is 25.8 Å². The van der Waals surface area contributed by atoms with Gasteiger partial charge >= 0.3 is 0 Å². The van der Waals surface area contributed by atoms with Gasteiger partial charge in [0.25, 0.3) is 10.0 Å². The Hall–Kier alpha value is 0.0900. The lowest BCUT2D eigenvalue weighted by atomic mass is 10.0. The second-order valence-corrected chi connectivity index (χ2v) is 9.83. The van der Waals surface area contributed by atoms with Crippen LogP contribution in [0.25, 0.3) is 0 Å². The molecule has 0 radical (unpaired) electrons. The molecule has 1 aliphatic carbocycles. The molecule has 2 atom stereocenters. The van der Waals surface area contributed by atoms with Crippen LogP contribution in [0, 0.1) is 18.8 Å². The van der Waals surface area contributed by atoms with E-state index < -0.39 is 10.0 Å². The second kappa shape index (κ2) is 4.58. The Morgan fingerprint density at radius 1 is 1.33 bits per heavy atom. The van der Waals surface area contributed by atoms with Gasteiger partial charge in [0.05, 0.1) is 3.79 Å². The van der Waals surface area contributed by atoms with E-state index in [9.17, 15) is 8.42 Å². The molecule has 0 spiro atoms. The van der Waals surface area contributed by atoms with Gasteiger partial charge in [-0.2, -0.15) is 4.31 Å². The lowest BCUT2D eigenvalue weighted by molar-refractivity contribution is 0.447. The summed E-state index contributed by atoms with van der Waals surface area (Å²) in [5, 5.41) is 0. The summed E-state index contributed by atoms with van der Waals surface area (Å²) in [5.41, 5.74) is 0.998. The second-order valence-electron chi connectivity index (χ2n) is 5.30. The summed E-state index contributed by atoms with van der Waals surface area (Å²) >= 11 is 4.72. The van der Waals surface area contributed by atoms with Gasteiger partial charge in [0.15, 0.2) is 0 Å². The van der Waals surface area contributed by atoms with Gasteiger partial charge in [-0.1, -0.05) is 6.42 Å². The molecule has 1 aliphatic heterocycles. The van der Waals surface area contributed by atoms with Crippen molar-refractivity contribution in [2.75, 3.05) is 13.1 Å². The van der Waals surface area contributed by atoms with E-state index in [1.165, 1.54) is 30.6 Å². The average molecular weight is 350 g/mol. The zero-order valence-electron chi connectivity index (χ0n) is 10.2. The van der Waals surface area contributed by atoms with Crippen molar-refractivity contribution in [3.8, 4) is 0 Å². The molecule has 0 bridgehead atoms. The van der Waals surface area contributed by atoms with Crippen molar-refractivity contribution < 1.29 is 8.42 Å². The van der Waals surface area contributed by atoms with Crippen LogP contribution in [0.3, 0.4) is 0 Å². The summed E-state index contributed by atoms with van der Waals surface area (Å²) in [7, 11) is -3.26. The number of nitrogens with zero attached hydrogens (tertiary/aromatic N) is 1. The minimum Gasteiger partial charge on any atom is -0.206 e. The average Bonchev–Trinajstić information content (AvgIpc) is 2.93. The van der Waals surface area contributed by atoms with Crippen LogP contribution in [0.4, 0.5) is 0 Å². The standard InChI is InChI=1S/C12H16BrNO2S2/c1-8-5-11(17-12(8)13)18(15,16)14-6-9-3-2-4-10(9)7-14/h5,9-10H,2-4,6-7H2,1H3. The van der Waals surface area contributed by atoms with Crippen LogP contribution >= 0.6 is 27.3 Å². The largest absolute Gasteiger partial charge is 0.252 e. The van der Waals surface area contributed by atoms with Crippen molar-refractivity contribution in [2.24, 2.45) is 11.8 Å². The van der Waals surface area contributed by atoms with E-state index in [-0.39, 0.29) is 0 Å². The molecule has 1 saturated carbocycles. The number of aryl methyl sites for hydroxylation is 1. The summed E-state index contributed by atoms with van der Waals surface area (Å²) < 4.78 is 28.2. The Morgan fingerprint density at radius 3 is 2.44 bits per heavy atom. The summed E-state index contributed by atoms with van der Waals surface area (Å²) in [6, 6.07) is 1.78. The highest BCUT2D eigenvalue weighted by atomic mass is 79.9. The number of hydrogen-bond acceptors (Lipinski definition) is 3. The fraction of sp³-hybridized carbons (Fsp3) is 0.667. The molecule has 2 fully saturated rings. The third-order valence-electron chi connectivity index (χ3n) is 4.12. The molecule has 3 rings (SSSR count). The maximum Gasteiger partial charge on any atom is 0.252 e. The van der Waals surface area contributed by atoms with E-state index in [0.29, 0.717) is 16.0 Å². The maximum atomic E-state index is 12.5. The Bertz CT molecular complexity index is 535. The minimum atomic E-state index is -3.26. The Balaban J connectivity index is 1.87. The monoisotopic (exact) mass is 349 g/mol. The normalized spacial score (nSPS) is 28.8. The predicted octanol–water partition coefficient (Wildman–Crippen LogP) is 3.24. The van der Waals surface area contributed by atoms with Crippen LogP contribution < -0.4 is 0 Å². The van der Waals surface area contributed by atoms with Crippen LogP contribution in [0.2, 0.25) is 0 Å². The molecule has 1 aromatic rings.